The van der Waals surface area contributed by atoms with Crippen molar-refractivity contribution in [3.8, 4) is 11.1 Å². The SMILES string of the molecule is CC[C@H](NC(=O)[C@H]1C[C@@H](NC(=O)CCOCCOCCOCCOCCC(=O)NCCn2cc3c(n2)CN(C)C(=O)c2ccc(F)cc2[C@H]2CCCN2c2cc-3cnc2N)CN1C(=O)[C@H](NC(=O)[C@@H](C)NC)C(C)(C)C)c1ccccc1. The third-order valence-corrected chi connectivity index (χ3v) is 15.1. The summed E-state index contributed by atoms with van der Waals surface area (Å²) < 4.78 is 38.9. The van der Waals surface area contributed by atoms with E-state index in [-0.39, 0.29) is 100 Å². The van der Waals surface area contributed by atoms with Crippen molar-refractivity contribution in [1.82, 2.24) is 51.1 Å². The average molecular weight is 1140 g/mol. The fraction of sp³-hybridized carbons (Fsp3) is 0.559. The summed E-state index contributed by atoms with van der Waals surface area (Å²) in [5.74, 6) is -1.85. The highest BCUT2D eigenvalue weighted by atomic mass is 19.1. The summed E-state index contributed by atoms with van der Waals surface area (Å²) in [6.45, 7) is 13.0. The standard InChI is InChI=1S/C59H83FN12O10/c1-8-46(39-13-10-9-11-14-39)66-56(76)50-33-42(35-72(50)58(78)53(59(3,4)5)67-55(75)38(2)62-6)65-52(74)19-24-80-26-28-82-30-29-81-27-25-79-23-18-51(73)63-20-22-70-36-45-40-31-49(54(61)64-34-40)71-21-12-15-48(71)44-32-41(60)16-17-43(44)57(77)69(7)37-47(45)68-70/h9-11,13-14,16-17,31-32,34,36,38,42,46,48,50,53,62H,8,12,15,18-30,33,35,37H2,1-7H3,(H2,61,64)(H,63,73)(H,65,74)(H,66,76)(H,67,75)/t38-,42-,46+,48-,50-,53+/m1/s1. The molecule has 2 bridgehead atoms. The Bertz CT molecular complexity index is 2810. The Balaban J connectivity index is 0.762. The minimum Gasteiger partial charge on any atom is -0.382 e. The highest BCUT2D eigenvalue weighted by molar-refractivity contribution is 5.96. The third-order valence-electron chi connectivity index (χ3n) is 15.1. The van der Waals surface area contributed by atoms with E-state index in [0.717, 1.165) is 35.2 Å². The Kier molecular flexibility index (Phi) is 22.7. The van der Waals surface area contributed by atoms with E-state index in [2.05, 4.69) is 36.5 Å². The number of ether oxygens (including phenoxy) is 4. The quantitative estimate of drug-likeness (QED) is 0.0460. The van der Waals surface area contributed by atoms with E-state index in [9.17, 15) is 33.2 Å². The van der Waals surface area contributed by atoms with Gasteiger partial charge in [0.05, 0.1) is 95.5 Å². The molecule has 6 amide bonds. The first kappa shape index (κ1) is 62.5. The molecule has 3 aliphatic rings. The van der Waals surface area contributed by atoms with Crippen LogP contribution >= 0.6 is 0 Å². The van der Waals surface area contributed by atoms with Crippen molar-refractivity contribution in [2.75, 3.05) is 97.2 Å². The van der Waals surface area contributed by atoms with Crippen LogP contribution in [0.2, 0.25) is 0 Å². The molecule has 4 aromatic rings. The van der Waals surface area contributed by atoms with E-state index >= 15 is 0 Å². The number of fused-ring (bicyclic) bond motifs is 8. The van der Waals surface area contributed by atoms with Gasteiger partial charge in [-0.1, -0.05) is 58.0 Å². The number of hydrogen-bond donors (Lipinski definition) is 6. The lowest BCUT2D eigenvalue weighted by Crippen LogP contribution is -2.59. The molecule has 0 spiro atoms. The lowest BCUT2D eigenvalue weighted by Gasteiger charge is -2.36. The Morgan fingerprint density at radius 3 is 2.21 bits per heavy atom. The Labute approximate surface area is 480 Å². The molecule has 0 unspecified atom stereocenters. The summed E-state index contributed by atoms with van der Waals surface area (Å²) >= 11 is 0. The average Bonchev–Trinajstić information content (AvgIpc) is 4.41. The number of likely N-dealkylation sites (N-methyl/N-ethyl adjacent to an activating group) is 1. The molecule has 0 saturated carbocycles. The molecular formula is C59H83FN12O10. The van der Waals surface area contributed by atoms with Crippen LogP contribution in [0.1, 0.15) is 112 Å². The summed E-state index contributed by atoms with van der Waals surface area (Å²) in [5.41, 5.74) is 10.7. The fourth-order valence-electron chi connectivity index (χ4n) is 10.5. The number of pyridine rings is 1. The molecule has 7 rings (SSSR count). The van der Waals surface area contributed by atoms with Crippen LogP contribution in [0.4, 0.5) is 15.9 Å². The number of carbonyl (C=O) groups excluding carboxylic acids is 6. The fourth-order valence-corrected chi connectivity index (χ4v) is 10.5. The van der Waals surface area contributed by atoms with Gasteiger partial charge in [0, 0.05) is 74.6 Å². The zero-order chi connectivity index (χ0) is 58.9. The highest BCUT2D eigenvalue weighted by Gasteiger charge is 2.46. The number of benzene rings is 2. The number of nitrogens with two attached hydrogens (primary N) is 1. The summed E-state index contributed by atoms with van der Waals surface area (Å²) in [6.07, 6.45) is 6.20. The van der Waals surface area contributed by atoms with Crippen LogP contribution < -0.4 is 37.2 Å². The van der Waals surface area contributed by atoms with Gasteiger partial charge in [-0.2, -0.15) is 5.10 Å². The molecule has 22 nitrogen and oxygen atoms in total. The Morgan fingerprint density at radius 2 is 1.55 bits per heavy atom. The molecule has 3 aliphatic heterocycles. The van der Waals surface area contributed by atoms with Crippen LogP contribution in [0.3, 0.4) is 0 Å². The number of anilines is 2. The molecule has 2 saturated heterocycles. The number of nitrogens with one attached hydrogen (secondary N) is 5. The van der Waals surface area contributed by atoms with Gasteiger partial charge < -0.3 is 66.0 Å². The van der Waals surface area contributed by atoms with Gasteiger partial charge in [0.25, 0.3) is 5.91 Å². The van der Waals surface area contributed by atoms with Gasteiger partial charge in [0.1, 0.15) is 23.7 Å². The van der Waals surface area contributed by atoms with Crippen LogP contribution in [-0.4, -0.2) is 171 Å². The van der Waals surface area contributed by atoms with Crippen LogP contribution in [-0.2, 0) is 56.0 Å². The predicted molar refractivity (Wildman–Crippen MR) is 306 cm³/mol. The number of aromatic nitrogens is 3. The van der Waals surface area contributed by atoms with Crippen molar-refractivity contribution >= 4 is 46.9 Å². The second-order valence-corrected chi connectivity index (χ2v) is 22.1. The largest absolute Gasteiger partial charge is 0.382 e. The molecule has 23 heteroatoms. The maximum atomic E-state index is 14.7. The van der Waals surface area contributed by atoms with Crippen molar-refractivity contribution in [1.29, 1.82) is 0 Å². The van der Waals surface area contributed by atoms with Gasteiger partial charge in [-0.3, -0.25) is 33.4 Å². The Morgan fingerprint density at radius 1 is 0.878 bits per heavy atom. The van der Waals surface area contributed by atoms with Crippen molar-refractivity contribution < 1.29 is 52.1 Å². The Hall–Kier alpha value is -7.05. The molecule has 82 heavy (non-hydrogen) atoms. The third kappa shape index (κ3) is 16.8. The molecule has 7 N–H and O–H groups in total. The lowest BCUT2D eigenvalue weighted by atomic mass is 9.85. The minimum atomic E-state index is -0.931. The number of likely N-dealkylation sites (tertiary alicyclic amines) is 1. The number of nitrogens with zero attached hydrogens (tertiary/aromatic N) is 6. The van der Waals surface area contributed by atoms with Gasteiger partial charge in [0.2, 0.25) is 29.5 Å². The number of carbonyl (C=O) groups is 6. The zero-order valence-corrected chi connectivity index (χ0v) is 48.5. The van der Waals surface area contributed by atoms with Crippen molar-refractivity contribution in [2.24, 2.45) is 5.41 Å². The highest BCUT2D eigenvalue weighted by Crippen LogP contribution is 2.42. The topological polar surface area (TPSA) is 266 Å². The molecule has 5 heterocycles. The molecule has 0 aliphatic carbocycles. The lowest BCUT2D eigenvalue weighted by molar-refractivity contribution is -0.144. The molecule has 2 aromatic heterocycles. The smallest absolute Gasteiger partial charge is 0.254 e. The van der Waals surface area contributed by atoms with E-state index in [1.54, 1.807) is 42.9 Å². The van der Waals surface area contributed by atoms with E-state index in [0.29, 0.717) is 75.1 Å². The normalized spacial score (nSPS) is 18.1. The summed E-state index contributed by atoms with van der Waals surface area (Å²) in [4.78, 5) is 90.8. The van der Waals surface area contributed by atoms with Gasteiger partial charge in [-0.15, -0.1) is 0 Å². The maximum absolute atomic E-state index is 14.7. The van der Waals surface area contributed by atoms with Crippen LogP contribution in [0.25, 0.3) is 11.1 Å². The minimum absolute atomic E-state index is 0.0595. The number of nitrogen functional groups attached to an aromatic ring is 1. The van der Waals surface area contributed by atoms with Crippen molar-refractivity contribution in [3.63, 3.8) is 0 Å². The molecule has 446 valence electrons. The number of hydrogen-bond acceptors (Lipinski definition) is 15. The van der Waals surface area contributed by atoms with Gasteiger partial charge in [-0.25, -0.2) is 9.37 Å². The van der Waals surface area contributed by atoms with Crippen molar-refractivity contribution in [2.45, 2.75) is 122 Å². The van der Waals surface area contributed by atoms with Crippen LogP contribution in [0, 0.1) is 11.2 Å². The second-order valence-electron chi connectivity index (χ2n) is 22.1. The maximum Gasteiger partial charge on any atom is 0.254 e. The van der Waals surface area contributed by atoms with E-state index in [1.807, 2.05) is 70.3 Å². The zero-order valence-electron chi connectivity index (χ0n) is 48.5. The van der Waals surface area contributed by atoms with E-state index in [4.69, 9.17) is 29.8 Å². The summed E-state index contributed by atoms with van der Waals surface area (Å²) in [6, 6.07) is 12.5. The van der Waals surface area contributed by atoms with Gasteiger partial charge in [-0.05, 0) is 80.5 Å². The molecule has 2 aromatic carbocycles. The predicted octanol–water partition coefficient (Wildman–Crippen LogP) is 4.05. The van der Waals surface area contributed by atoms with Crippen LogP contribution in [0.5, 0.6) is 0 Å². The summed E-state index contributed by atoms with van der Waals surface area (Å²) in [5, 5.41) is 19.7. The molecule has 6 atom stereocenters. The molecule has 0 radical (unpaired) electrons. The van der Waals surface area contributed by atoms with Gasteiger partial charge >= 0.3 is 0 Å². The monoisotopic (exact) mass is 1140 g/mol. The second kappa shape index (κ2) is 29.8. The first-order chi connectivity index (χ1) is 39.4. The van der Waals surface area contributed by atoms with Crippen LogP contribution in [0.15, 0.2) is 67.0 Å². The van der Waals surface area contributed by atoms with Gasteiger partial charge in [0.15, 0.2) is 0 Å². The first-order valence-electron chi connectivity index (χ1n) is 28.5. The van der Waals surface area contributed by atoms with E-state index < -0.39 is 41.3 Å². The number of amides is 6. The van der Waals surface area contributed by atoms with Crippen molar-refractivity contribution in [3.05, 3.63) is 95.2 Å². The molecular weight excluding hydrogens is 1060 g/mol. The molecule has 2 fully saturated rings. The number of rotatable bonds is 27. The summed E-state index contributed by atoms with van der Waals surface area (Å²) in [7, 11) is 3.37. The first-order valence-corrected chi connectivity index (χ1v) is 28.5. The number of halogens is 1. The van der Waals surface area contributed by atoms with E-state index in [1.165, 1.54) is 17.0 Å².